The summed E-state index contributed by atoms with van der Waals surface area (Å²) >= 11 is 9.35. The van der Waals surface area contributed by atoms with Gasteiger partial charge >= 0.3 is 12.1 Å². The molecule has 3 N–H and O–H groups in total. The van der Waals surface area contributed by atoms with E-state index in [1.807, 2.05) is 0 Å². The second-order valence-electron chi connectivity index (χ2n) is 6.41. The van der Waals surface area contributed by atoms with Gasteiger partial charge in [-0.25, -0.2) is 4.98 Å². The van der Waals surface area contributed by atoms with Crippen LogP contribution in [0, 0.1) is 6.92 Å². The third-order valence-electron chi connectivity index (χ3n) is 4.30. The first-order chi connectivity index (χ1) is 14.5. The van der Waals surface area contributed by atoms with Crippen molar-refractivity contribution in [2.45, 2.75) is 13.1 Å². The van der Waals surface area contributed by atoms with Gasteiger partial charge < -0.3 is 10.6 Å². The van der Waals surface area contributed by atoms with Crippen LogP contribution in [0.1, 0.15) is 15.9 Å². The summed E-state index contributed by atoms with van der Waals surface area (Å²) in [5, 5.41) is 8.28. The molecule has 1 atom stereocenters. The maximum absolute atomic E-state index is 13.3. The molecule has 0 aliphatic carbocycles. The average Bonchev–Trinajstić information content (AvgIpc) is 3.15. The second-order valence-corrected chi connectivity index (χ2v) is 7.74. The highest BCUT2D eigenvalue weighted by Crippen LogP contribution is 2.27. The number of halogens is 5. The van der Waals surface area contributed by atoms with Crippen LogP contribution >= 0.6 is 27.5 Å². The minimum Gasteiger partial charge on any atom is -0.355 e. The van der Waals surface area contributed by atoms with Crippen LogP contribution in [0.5, 0.6) is 0 Å². The first-order valence-corrected chi connectivity index (χ1v) is 9.89. The number of benzene rings is 1. The summed E-state index contributed by atoms with van der Waals surface area (Å²) in [5.41, 5.74) is -0.822. The third-order valence-corrected chi connectivity index (χ3v) is 5.06. The number of carbonyl (C=O) groups is 2. The van der Waals surface area contributed by atoms with Crippen LogP contribution in [0.4, 0.5) is 24.7 Å². The van der Waals surface area contributed by atoms with Crippen molar-refractivity contribution in [3.8, 4) is 0 Å². The standard InChI is InChI=1S/C19H14BrClF3N5O2/c1-9-6-10(20)7-11(17(30)25-2)15(9)27-18(31)13-8-14(19(22,23)24)28-29(13)16-12(21)4-3-5-26-16/h3-8H,1-2H3,(H,25,30)(H,27,31)/p+1. The normalized spacial score (nSPS) is 15.9. The van der Waals surface area contributed by atoms with Crippen molar-refractivity contribution in [3.63, 3.8) is 0 Å². The Labute approximate surface area is 188 Å². The highest BCUT2D eigenvalue weighted by Gasteiger charge is 2.45. The maximum Gasteiger partial charge on any atom is 0.438 e. The summed E-state index contributed by atoms with van der Waals surface area (Å²) in [7, 11) is 1.42. The van der Waals surface area contributed by atoms with Crippen molar-refractivity contribution in [1.29, 1.82) is 0 Å². The average molecular weight is 518 g/mol. The molecule has 2 amide bonds. The zero-order valence-electron chi connectivity index (χ0n) is 16.1. The number of rotatable bonds is 4. The van der Waals surface area contributed by atoms with Gasteiger partial charge in [0.15, 0.2) is 0 Å². The van der Waals surface area contributed by atoms with Crippen LogP contribution in [0.3, 0.4) is 0 Å². The molecule has 1 unspecified atom stereocenters. The number of nitrogens with zero attached hydrogens (tertiary/aromatic N) is 2. The molecule has 0 spiro atoms. The quantitative estimate of drug-likeness (QED) is 0.582. The van der Waals surface area contributed by atoms with Crippen LogP contribution in [0.15, 0.2) is 51.8 Å². The predicted octanol–water partition coefficient (Wildman–Crippen LogP) is 3.14. The summed E-state index contributed by atoms with van der Waals surface area (Å²) in [4.78, 5) is 29.3. The van der Waals surface area contributed by atoms with Gasteiger partial charge in [0.25, 0.3) is 11.7 Å². The van der Waals surface area contributed by atoms with Crippen molar-refractivity contribution in [2.75, 3.05) is 12.4 Å². The number of quaternary nitrogens is 1. The van der Waals surface area contributed by atoms with Crippen LogP contribution in [-0.4, -0.2) is 35.7 Å². The molecular weight excluding hydrogens is 503 g/mol. The lowest BCUT2D eigenvalue weighted by Crippen LogP contribution is -3.01. The first-order valence-electron chi connectivity index (χ1n) is 8.72. The van der Waals surface area contributed by atoms with E-state index in [-0.39, 0.29) is 32.8 Å². The van der Waals surface area contributed by atoms with E-state index in [1.54, 1.807) is 13.0 Å². The monoisotopic (exact) mass is 516 g/mol. The fraction of sp³-hybridized carbons (Fsp3) is 0.158. The molecule has 12 heteroatoms. The van der Waals surface area contributed by atoms with Crippen molar-refractivity contribution in [3.05, 3.63) is 62.9 Å². The molecule has 1 aromatic heterocycles. The zero-order chi connectivity index (χ0) is 22.9. The molecule has 7 nitrogen and oxygen atoms in total. The van der Waals surface area contributed by atoms with Crippen molar-refractivity contribution in [2.24, 2.45) is 5.10 Å². The Bertz CT molecular complexity index is 1130. The van der Waals surface area contributed by atoms with Gasteiger partial charge in [-0.15, -0.1) is 5.01 Å². The van der Waals surface area contributed by atoms with E-state index >= 15 is 0 Å². The summed E-state index contributed by atoms with van der Waals surface area (Å²) in [6.07, 6.45) is -2.83. The number of hydrogen-bond acceptors (Lipinski definition) is 4. The number of aromatic nitrogens is 1. The number of nitrogens with one attached hydrogen (secondary N) is 3. The van der Waals surface area contributed by atoms with Gasteiger partial charge in [-0.1, -0.05) is 32.6 Å². The van der Waals surface area contributed by atoms with Gasteiger partial charge in [0.2, 0.25) is 11.4 Å². The molecule has 1 aliphatic rings. The van der Waals surface area contributed by atoms with E-state index in [0.717, 1.165) is 0 Å². The molecule has 162 valence electrons. The van der Waals surface area contributed by atoms with Gasteiger partial charge in [-0.3, -0.25) is 9.59 Å². The number of alkyl halides is 3. The number of carbonyl (C=O) groups excluding carboxylic acids is 2. The Hall–Kier alpha value is -2.76. The minimum absolute atomic E-state index is 0.0363. The van der Waals surface area contributed by atoms with Gasteiger partial charge in [-0.05, 0) is 36.8 Å². The topological polar surface area (TPSA) is 87.9 Å². The number of anilines is 1. The highest BCUT2D eigenvalue weighted by molar-refractivity contribution is 9.10. The van der Waals surface area contributed by atoms with Gasteiger partial charge in [-0.2, -0.15) is 13.2 Å². The number of hydrogen-bond donors (Lipinski definition) is 3. The SMILES string of the molecule is CNC(=O)c1cc(Br)cc(C)c1NC(=O)C1=CC(C(F)(F)F)=N[NH+]1c1ncccc1Cl. The molecule has 2 aromatic rings. The lowest BCUT2D eigenvalue weighted by atomic mass is 10.1. The van der Waals surface area contributed by atoms with Gasteiger partial charge in [0.1, 0.15) is 5.02 Å². The summed E-state index contributed by atoms with van der Waals surface area (Å²) in [5.74, 6) is -1.44. The predicted molar refractivity (Wildman–Crippen MR) is 112 cm³/mol. The van der Waals surface area contributed by atoms with Crippen LogP contribution in [0.25, 0.3) is 0 Å². The molecule has 1 aromatic carbocycles. The summed E-state index contributed by atoms with van der Waals surface area (Å²) in [6.45, 7) is 1.65. The van der Waals surface area contributed by atoms with E-state index in [4.69, 9.17) is 11.6 Å². The van der Waals surface area contributed by atoms with Crippen LogP contribution < -0.4 is 15.6 Å². The van der Waals surface area contributed by atoms with E-state index in [1.165, 1.54) is 31.4 Å². The molecule has 3 rings (SSSR count). The maximum atomic E-state index is 13.3. The summed E-state index contributed by atoms with van der Waals surface area (Å²) in [6, 6.07) is 6.07. The van der Waals surface area contributed by atoms with Crippen molar-refractivity contribution >= 4 is 56.6 Å². The third kappa shape index (κ3) is 4.78. The molecule has 0 fully saturated rings. The number of aryl methyl sites for hydroxylation is 1. The molecule has 0 bridgehead atoms. The Kier molecular flexibility index (Phi) is 6.48. The van der Waals surface area contributed by atoms with E-state index < -0.39 is 23.7 Å². The molecule has 0 radical (unpaired) electrons. The first kappa shape index (κ1) is 22.9. The smallest absolute Gasteiger partial charge is 0.355 e. The van der Waals surface area contributed by atoms with Crippen molar-refractivity contribution in [1.82, 2.24) is 10.3 Å². The van der Waals surface area contributed by atoms with Crippen LogP contribution in [-0.2, 0) is 4.79 Å². The molecule has 0 saturated carbocycles. The molecule has 1 aliphatic heterocycles. The molecule has 0 saturated heterocycles. The van der Waals surface area contributed by atoms with E-state index in [2.05, 4.69) is 36.6 Å². The van der Waals surface area contributed by atoms with Gasteiger partial charge in [0, 0.05) is 23.8 Å². The number of pyridine rings is 1. The minimum atomic E-state index is -4.78. The molecule has 2 heterocycles. The Morgan fingerprint density at radius 3 is 2.55 bits per heavy atom. The number of amides is 2. The highest BCUT2D eigenvalue weighted by atomic mass is 79.9. The molecule has 31 heavy (non-hydrogen) atoms. The zero-order valence-corrected chi connectivity index (χ0v) is 18.4. The number of allylic oxidation sites excluding steroid dienone is 1. The lowest BCUT2D eigenvalue weighted by molar-refractivity contribution is -0.792. The van der Waals surface area contributed by atoms with Crippen LogP contribution in [0.2, 0.25) is 5.02 Å². The Morgan fingerprint density at radius 2 is 1.94 bits per heavy atom. The fourth-order valence-corrected chi connectivity index (χ4v) is 3.66. The largest absolute Gasteiger partial charge is 0.438 e. The van der Waals surface area contributed by atoms with E-state index in [0.29, 0.717) is 16.1 Å². The van der Waals surface area contributed by atoms with E-state index in [9.17, 15) is 22.8 Å². The second kappa shape index (κ2) is 8.77. The Balaban J connectivity index is 2.04. The Morgan fingerprint density at radius 1 is 1.23 bits per heavy atom. The van der Waals surface area contributed by atoms with Crippen molar-refractivity contribution < 1.29 is 27.8 Å². The lowest BCUT2D eigenvalue weighted by Gasteiger charge is -2.15. The summed E-state index contributed by atoms with van der Waals surface area (Å²) < 4.78 is 40.5. The fourth-order valence-electron chi connectivity index (χ4n) is 2.88. The van der Waals surface area contributed by atoms with Gasteiger partial charge in [0.05, 0.1) is 11.3 Å². The molecular formula is C19H15BrClF3N5O2+.